The third kappa shape index (κ3) is 2.89. The molecule has 6 rings (SSSR count). The molecule has 3 aromatic carbocycles. The second-order valence-corrected chi connectivity index (χ2v) is 8.34. The van der Waals surface area contributed by atoms with E-state index in [1.807, 2.05) is 48.5 Å². The average Bonchev–Trinajstić information content (AvgIpc) is 3.36. The number of benzene rings is 3. The van der Waals surface area contributed by atoms with E-state index in [1.165, 1.54) is 0 Å². The molecule has 0 aliphatic carbocycles. The minimum Gasteiger partial charge on any atom is -0.326 e. The lowest BCUT2D eigenvalue weighted by Crippen LogP contribution is -2.40. The Morgan fingerprint density at radius 3 is 2.59 bits per heavy atom. The summed E-state index contributed by atoms with van der Waals surface area (Å²) in [5, 5.41) is 4.31. The average molecular weight is 419 g/mol. The van der Waals surface area contributed by atoms with E-state index < -0.39 is 6.04 Å². The molecule has 5 heteroatoms. The highest BCUT2D eigenvalue weighted by Gasteiger charge is 2.37. The van der Waals surface area contributed by atoms with Crippen LogP contribution in [0.25, 0.3) is 32.6 Å². The van der Waals surface area contributed by atoms with Gasteiger partial charge in [-0.05, 0) is 41.0 Å². The van der Waals surface area contributed by atoms with Gasteiger partial charge in [0.25, 0.3) is 5.91 Å². The van der Waals surface area contributed by atoms with Crippen molar-refractivity contribution in [1.82, 2.24) is 14.5 Å². The van der Waals surface area contributed by atoms with Crippen LogP contribution in [0.5, 0.6) is 0 Å². The number of hydrogen-bond donors (Lipinski definition) is 0. The smallest absolute Gasteiger partial charge is 0.254 e. The lowest BCUT2D eigenvalue weighted by molar-refractivity contribution is -0.129. The van der Waals surface area contributed by atoms with Gasteiger partial charge < -0.3 is 4.90 Å². The number of pyridine rings is 1. The van der Waals surface area contributed by atoms with Crippen LogP contribution in [0.4, 0.5) is 0 Å². The number of carbonyl (C=O) groups is 2. The molecule has 32 heavy (non-hydrogen) atoms. The van der Waals surface area contributed by atoms with E-state index in [0.717, 1.165) is 38.1 Å². The SMILES string of the molecule is O=C1CC[C@@H](C(=O)n2c3ccccc3c3ccncc32)N1Cc1ccc2ccccc2c1. The van der Waals surface area contributed by atoms with Crippen LogP contribution in [-0.2, 0) is 11.3 Å². The van der Waals surface area contributed by atoms with Crippen LogP contribution in [0, 0.1) is 0 Å². The summed E-state index contributed by atoms with van der Waals surface area (Å²) in [6, 6.07) is 23.7. The van der Waals surface area contributed by atoms with Gasteiger partial charge in [-0.2, -0.15) is 0 Å². The summed E-state index contributed by atoms with van der Waals surface area (Å²) in [6.07, 6.45) is 4.39. The fourth-order valence-electron chi connectivity index (χ4n) is 4.93. The van der Waals surface area contributed by atoms with Crippen molar-refractivity contribution < 1.29 is 9.59 Å². The maximum atomic E-state index is 13.8. The summed E-state index contributed by atoms with van der Waals surface area (Å²) >= 11 is 0. The van der Waals surface area contributed by atoms with Crippen molar-refractivity contribution in [3.8, 4) is 0 Å². The minimum absolute atomic E-state index is 0.0235. The normalized spacial score (nSPS) is 16.4. The molecule has 1 aliphatic heterocycles. The van der Waals surface area contributed by atoms with Gasteiger partial charge in [0.1, 0.15) is 6.04 Å². The van der Waals surface area contributed by atoms with Gasteiger partial charge in [0.15, 0.2) is 0 Å². The number of fused-ring (bicyclic) bond motifs is 4. The highest BCUT2D eigenvalue weighted by molar-refractivity contribution is 6.14. The van der Waals surface area contributed by atoms with E-state index in [1.54, 1.807) is 21.9 Å². The molecular formula is C27H21N3O2. The first-order chi connectivity index (χ1) is 15.7. The summed E-state index contributed by atoms with van der Waals surface area (Å²) < 4.78 is 1.74. The zero-order chi connectivity index (χ0) is 21.7. The van der Waals surface area contributed by atoms with Gasteiger partial charge in [-0.15, -0.1) is 0 Å². The van der Waals surface area contributed by atoms with Gasteiger partial charge in [0.05, 0.1) is 17.2 Å². The van der Waals surface area contributed by atoms with Crippen LogP contribution < -0.4 is 0 Å². The molecule has 1 atom stereocenters. The number of carbonyl (C=O) groups excluding carboxylic acids is 2. The van der Waals surface area contributed by atoms with E-state index in [2.05, 4.69) is 29.2 Å². The lowest BCUT2D eigenvalue weighted by Gasteiger charge is -2.25. The molecule has 5 aromatic rings. The van der Waals surface area contributed by atoms with Gasteiger partial charge >= 0.3 is 0 Å². The highest BCUT2D eigenvalue weighted by Crippen LogP contribution is 2.31. The van der Waals surface area contributed by atoms with Gasteiger partial charge in [-0.25, -0.2) is 0 Å². The minimum atomic E-state index is -0.492. The fraction of sp³-hybridized carbons (Fsp3) is 0.148. The predicted molar refractivity (Wildman–Crippen MR) is 125 cm³/mol. The van der Waals surface area contributed by atoms with Gasteiger partial charge in [0.2, 0.25) is 5.91 Å². The molecule has 3 heterocycles. The summed E-state index contributed by atoms with van der Waals surface area (Å²) in [5.74, 6) is -0.0498. The Bertz CT molecular complexity index is 1460. The molecule has 156 valence electrons. The predicted octanol–water partition coefficient (Wildman–Crippen LogP) is 5.17. The molecule has 2 aromatic heterocycles. The lowest BCUT2D eigenvalue weighted by atomic mass is 10.1. The fourth-order valence-corrected chi connectivity index (χ4v) is 4.93. The Morgan fingerprint density at radius 2 is 1.69 bits per heavy atom. The van der Waals surface area contributed by atoms with Crippen molar-refractivity contribution >= 4 is 44.4 Å². The molecule has 0 spiro atoms. The number of likely N-dealkylation sites (tertiary alicyclic amines) is 1. The van der Waals surface area contributed by atoms with Gasteiger partial charge in [0, 0.05) is 29.9 Å². The topological polar surface area (TPSA) is 55.2 Å². The van der Waals surface area contributed by atoms with E-state index in [0.29, 0.717) is 19.4 Å². The Morgan fingerprint density at radius 1 is 0.906 bits per heavy atom. The Balaban J connectivity index is 1.40. The summed E-state index contributed by atoms with van der Waals surface area (Å²) in [7, 11) is 0. The number of hydrogen-bond acceptors (Lipinski definition) is 3. The van der Waals surface area contributed by atoms with Crippen LogP contribution in [0.3, 0.4) is 0 Å². The molecule has 0 bridgehead atoms. The molecule has 5 nitrogen and oxygen atoms in total. The number of rotatable bonds is 3. The zero-order valence-electron chi connectivity index (χ0n) is 17.4. The Kier molecular flexibility index (Phi) is 4.28. The molecule has 1 fully saturated rings. The van der Waals surface area contributed by atoms with Crippen LogP contribution in [0.1, 0.15) is 23.2 Å². The number of para-hydroxylation sites is 1. The van der Waals surface area contributed by atoms with E-state index >= 15 is 0 Å². The molecule has 1 saturated heterocycles. The van der Waals surface area contributed by atoms with E-state index in [9.17, 15) is 9.59 Å². The monoisotopic (exact) mass is 419 g/mol. The maximum absolute atomic E-state index is 13.8. The molecule has 0 unspecified atom stereocenters. The number of nitrogens with zero attached hydrogens (tertiary/aromatic N) is 3. The molecule has 0 saturated carbocycles. The van der Waals surface area contributed by atoms with Gasteiger partial charge in [-0.1, -0.05) is 54.6 Å². The molecule has 0 radical (unpaired) electrons. The van der Waals surface area contributed by atoms with E-state index in [-0.39, 0.29) is 11.8 Å². The summed E-state index contributed by atoms with van der Waals surface area (Å²) in [4.78, 5) is 32.6. The number of amides is 1. The van der Waals surface area contributed by atoms with Crippen LogP contribution in [0.15, 0.2) is 85.2 Å². The van der Waals surface area contributed by atoms with Crippen molar-refractivity contribution in [2.45, 2.75) is 25.4 Å². The molecule has 1 amide bonds. The van der Waals surface area contributed by atoms with Crippen molar-refractivity contribution in [3.63, 3.8) is 0 Å². The Hall–Kier alpha value is -3.99. The third-order valence-electron chi connectivity index (χ3n) is 6.48. The summed E-state index contributed by atoms with van der Waals surface area (Å²) in [6.45, 7) is 0.426. The Labute approximate surface area is 184 Å². The van der Waals surface area contributed by atoms with Crippen molar-refractivity contribution in [2.75, 3.05) is 0 Å². The van der Waals surface area contributed by atoms with Crippen molar-refractivity contribution in [1.29, 1.82) is 0 Å². The van der Waals surface area contributed by atoms with Gasteiger partial charge in [-0.3, -0.25) is 19.1 Å². The quantitative estimate of drug-likeness (QED) is 0.405. The molecular weight excluding hydrogens is 398 g/mol. The number of aromatic nitrogens is 2. The second kappa shape index (κ2) is 7.31. The zero-order valence-corrected chi connectivity index (χ0v) is 17.4. The first-order valence-corrected chi connectivity index (χ1v) is 10.9. The van der Waals surface area contributed by atoms with Crippen molar-refractivity contribution in [3.05, 3.63) is 90.8 Å². The first kappa shape index (κ1) is 18.8. The largest absolute Gasteiger partial charge is 0.326 e. The maximum Gasteiger partial charge on any atom is 0.254 e. The van der Waals surface area contributed by atoms with Crippen LogP contribution >= 0.6 is 0 Å². The second-order valence-electron chi connectivity index (χ2n) is 8.34. The molecule has 0 N–H and O–H groups in total. The van der Waals surface area contributed by atoms with Crippen LogP contribution in [0.2, 0.25) is 0 Å². The van der Waals surface area contributed by atoms with Crippen LogP contribution in [-0.4, -0.2) is 32.3 Å². The van der Waals surface area contributed by atoms with E-state index in [4.69, 9.17) is 0 Å². The third-order valence-corrected chi connectivity index (χ3v) is 6.48. The summed E-state index contributed by atoms with van der Waals surface area (Å²) in [5.41, 5.74) is 2.66. The standard InChI is InChI=1S/C27H21N3O2/c31-26-12-11-24(29(26)17-18-9-10-19-5-1-2-6-20(19)15-18)27(32)30-23-8-4-3-7-21(23)22-13-14-28-16-25(22)30/h1-10,13-16,24H,11-12,17H2/t24-/m0/s1. The van der Waals surface area contributed by atoms with Crippen molar-refractivity contribution in [2.24, 2.45) is 0 Å². The first-order valence-electron chi connectivity index (χ1n) is 10.9. The highest BCUT2D eigenvalue weighted by atomic mass is 16.2. The molecule has 1 aliphatic rings.